The summed E-state index contributed by atoms with van der Waals surface area (Å²) in [5.74, 6) is 1.32. The van der Waals surface area contributed by atoms with Gasteiger partial charge in [-0.3, -0.25) is 0 Å². The fraction of sp³-hybridized carbons (Fsp3) is 0.800. The minimum Gasteiger partial charge on any atom is -0.134 e. The molecule has 0 bridgehead atoms. The minimum atomic E-state index is 0.452. The van der Waals surface area contributed by atoms with Crippen molar-refractivity contribution in [1.82, 2.24) is 0 Å². The van der Waals surface area contributed by atoms with Crippen LogP contribution in [0.1, 0.15) is 40.0 Å². The molecule has 0 atom stereocenters. The summed E-state index contributed by atoms with van der Waals surface area (Å²) in [5.41, 5.74) is 2.12. The maximum atomic E-state index is 2.38. The van der Waals surface area contributed by atoms with Gasteiger partial charge in [0.15, 0.2) is 0 Å². The molecule has 0 saturated heterocycles. The molecule has 0 nitrogen and oxygen atoms in total. The van der Waals surface area contributed by atoms with E-state index in [1.807, 2.05) is 11.8 Å². The fourth-order valence-corrected chi connectivity index (χ4v) is 2.36. The van der Waals surface area contributed by atoms with Crippen LogP contribution in [-0.4, -0.2) is 5.75 Å². The van der Waals surface area contributed by atoms with E-state index in [2.05, 4.69) is 26.2 Å². The van der Waals surface area contributed by atoms with Gasteiger partial charge in [0.2, 0.25) is 0 Å². The first-order chi connectivity index (χ1) is 5.17. The van der Waals surface area contributed by atoms with E-state index in [4.69, 9.17) is 0 Å². The highest BCUT2D eigenvalue weighted by molar-refractivity contribution is 8.02. The molecule has 0 aliphatic carbocycles. The zero-order chi connectivity index (χ0) is 8.32. The lowest BCUT2D eigenvalue weighted by Gasteiger charge is -2.28. The average molecular weight is 170 g/mol. The van der Waals surface area contributed by atoms with Crippen molar-refractivity contribution in [3.8, 4) is 0 Å². The molecule has 0 aromatic heterocycles. The Morgan fingerprint density at radius 1 is 1.55 bits per heavy atom. The van der Waals surface area contributed by atoms with Crippen LogP contribution in [0.5, 0.6) is 0 Å². The maximum absolute atomic E-state index is 2.38. The largest absolute Gasteiger partial charge is 0.134 e. The lowest BCUT2D eigenvalue weighted by atomic mass is 9.80. The summed E-state index contributed by atoms with van der Waals surface area (Å²) in [6.07, 6.45) is 3.97. The minimum absolute atomic E-state index is 0.452. The van der Waals surface area contributed by atoms with Crippen molar-refractivity contribution in [2.24, 2.45) is 5.41 Å². The van der Waals surface area contributed by atoms with Crippen LogP contribution in [0.3, 0.4) is 0 Å². The van der Waals surface area contributed by atoms with Gasteiger partial charge in [0.1, 0.15) is 0 Å². The summed E-state index contributed by atoms with van der Waals surface area (Å²) in [5, 5.41) is 2.38. The molecule has 0 aromatic rings. The fourth-order valence-electron chi connectivity index (χ4n) is 1.29. The molecule has 0 spiro atoms. The highest BCUT2D eigenvalue weighted by Crippen LogP contribution is 2.37. The van der Waals surface area contributed by atoms with Gasteiger partial charge < -0.3 is 0 Å². The van der Waals surface area contributed by atoms with E-state index in [0.29, 0.717) is 5.41 Å². The normalized spacial score (nSPS) is 19.7. The summed E-state index contributed by atoms with van der Waals surface area (Å²) in [6.45, 7) is 6.98. The van der Waals surface area contributed by atoms with Crippen LogP contribution in [0.4, 0.5) is 0 Å². The molecule has 11 heavy (non-hydrogen) atoms. The van der Waals surface area contributed by atoms with Gasteiger partial charge in [-0.15, -0.1) is 11.8 Å². The van der Waals surface area contributed by atoms with Gasteiger partial charge in [-0.25, -0.2) is 0 Å². The third-order valence-electron chi connectivity index (χ3n) is 2.69. The molecule has 0 fully saturated rings. The Morgan fingerprint density at radius 3 is 2.73 bits per heavy atom. The molecular formula is C10H18S. The highest BCUT2D eigenvalue weighted by Gasteiger charge is 2.21. The molecule has 0 aromatic carbocycles. The van der Waals surface area contributed by atoms with Crippen molar-refractivity contribution in [1.29, 1.82) is 0 Å². The predicted molar refractivity (Wildman–Crippen MR) is 53.8 cm³/mol. The summed E-state index contributed by atoms with van der Waals surface area (Å²) in [6, 6.07) is 0. The van der Waals surface area contributed by atoms with E-state index in [1.54, 1.807) is 5.57 Å². The molecule has 1 aliphatic heterocycles. The molecule has 1 heteroatoms. The Morgan fingerprint density at radius 2 is 2.27 bits per heavy atom. The molecule has 0 saturated carbocycles. The molecular weight excluding hydrogens is 152 g/mol. The Hall–Kier alpha value is 0.0900. The second-order valence-corrected chi connectivity index (χ2v) is 4.83. The number of rotatable bonds is 2. The first-order valence-corrected chi connectivity index (χ1v) is 5.53. The van der Waals surface area contributed by atoms with E-state index in [9.17, 15) is 0 Å². The second-order valence-electron chi connectivity index (χ2n) is 3.85. The Kier molecular flexibility index (Phi) is 3.06. The average Bonchev–Trinajstić information content (AvgIpc) is 2.06. The van der Waals surface area contributed by atoms with Crippen LogP contribution in [0.25, 0.3) is 0 Å². The zero-order valence-electron chi connectivity index (χ0n) is 7.81. The zero-order valence-corrected chi connectivity index (χ0v) is 8.63. The molecule has 0 amide bonds. The van der Waals surface area contributed by atoms with E-state index in [0.717, 1.165) is 0 Å². The van der Waals surface area contributed by atoms with Crippen molar-refractivity contribution in [2.75, 3.05) is 5.75 Å². The van der Waals surface area contributed by atoms with Crippen LogP contribution < -0.4 is 0 Å². The van der Waals surface area contributed by atoms with E-state index < -0.39 is 0 Å². The molecule has 1 aliphatic rings. The summed E-state index contributed by atoms with van der Waals surface area (Å²) in [7, 11) is 0. The van der Waals surface area contributed by atoms with Crippen LogP contribution in [0.15, 0.2) is 11.0 Å². The monoisotopic (exact) mass is 170 g/mol. The first kappa shape index (κ1) is 9.18. The predicted octanol–water partition coefficient (Wildman–Crippen LogP) is 3.83. The summed E-state index contributed by atoms with van der Waals surface area (Å²) < 4.78 is 0. The number of hydrogen-bond acceptors (Lipinski definition) is 1. The maximum Gasteiger partial charge on any atom is -0.00229 e. The lowest BCUT2D eigenvalue weighted by molar-refractivity contribution is 0.413. The highest BCUT2D eigenvalue weighted by atomic mass is 32.2. The quantitative estimate of drug-likeness (QED) is 0.607. The van der Waals surface area contributed by atoms with Gasteiger partial charge in [-0.1, -0.05) is 26.3 Å². The molecule has 1 heterocycles. The molecule has 0 radical (unpaired) electrons. The lowest BCUT2D eigenvalue weighted by Crippen LogP contribution is -2.14. The van der Waals surface area contributed by atoms with Gasteiger partial charge in [-0.05, 0) is 35.8 Å². The molecule has 0 unspecified atom stereocenters. The molecule has 64 valence electrons. The topological polar surface area (TPSA) is 0 Å². The van der Waals surface area contributed by atoms with E-state index >= 15 is 0 Å². The van der Waals surface area contributed by atoms with Gasteiger partial charge in [-0.2, -0.15) is 0 Å². The van der Waals surface area contributed by atoms with Crippen molar-refractivity contribution >= 4 is 11.8 Å². The summed E-state index contributed by atoms with van der Waals surface area (Å²) in [4.78, 5) is 0. The number of allylic oxidation sites excluding steroid dienone is 1. The van der Waals surface area contributed by atoms with Gasteiger partial charge in [0, 0.05) is 0 Å². The number of thioether (sulfide) groups is 1. The SMILES string of the molecule is CCC(C)(C)C1=CSCCC1. The Labute approximate surface area is 74.5 Å². The smallest absolute Gasteiger partial charge is 0.00229 e. The van der Waals surface area contributed by atoms with E-state index in [-0.39, 0.29) is 0 Å². The van der Waals surface area contributed by atoms with Crippen LogP contribution in [0.2, 0.25) is 0 Å². The third kappa shape index (κ3) is 2.26. The van der Waals surface area contributed by atoms with Crippen LogP contribution in [-0.2, 0) is 0 Å². The van der Waals surface area contributed by atoms with Crippen LogP contribution in [0, 0.1) is 5.41 Å². The Balaban J connectivity index is 2.64. The summed E-state index contributed by atoms with van der Waals surface area (Å²) >= 11 is 1.98. The van der Waals surface area contributed by atoms with Crippen molar-refractivity contribution < 1.29 is 0 Å². The third-order valence-corrected chi connectivity index (χ3v) is 3.66. The van der Waals surface area contributed by atoms with Crippen molar-refractivity contribution in [3.05, 3.63) is 11.0 Å². The number of hydrogen-bond donors (Lipinski definition) is 0. The molecule has 0 N–H and O–H groups in total. The van der Waals surface area contributed by atoms with Gasteiger partial charge in [0.05, 0.1) is 0 Å². The van der Waals surface area contributed by atoms with Gasteiger partial charge in [0.25, 0.3) is 0 Å². The first-order valence-electron chi connectivity index (χ1n) is 4.48. The molecule has 1 rings (SSSR count). The van der Waals surface area contributed by atoms with E-state index in [1.165, 1.54) is 25.0 Å². The van der Waals surface area contributed by atoms with Crippen LogP contribution >= 0.6 is 11.8 Å². The standard InChI is InChI=1S/C10H18S/c1-4-10(2,3)9-6-5-7-11-8-9/h8H,4-7H2,1-3H3. The van der Waals surface area contributed by atoms with Crippen molar-refractivity contribution in [2.45, 2.75) is 40.0 Å². The van der Waals surface area contributed by atoms with Gasteiger partial charge >= 0.3 is 0 Å². The Bertz CT molecular complexity index is 156. The second kappa shape index (κ2) is 3.66. The van der Waals surface area contributed by atoms with Crippen molar-refractivity contribution in [3.63, 3.8) is 0 Å².